The maximum Gasteiger partial charge on any atom is 0.255 e. The van der Waals surface area contributed by atoms with Crippen molar-refractivity contribution in [3.63, 3.8) is 0 Å². The first kappa shape index (κ1) is 15.8. The Kier molecular flexibility index (Phi) is 4.65. The van der Waals surface area contributed by atoms with E-state index in [0.29, 0.717) is 28.3 Å². The summed E-state index contributed by atoms with van der Waals surface area (Å²) in [5.41, 5.74) is 2.75. The predicted molar refractivity (Wildman–Crippen MR) is 85.5 cm³/mol. The molecule has 0 N–H and O–H groups in total. The van der Waals surface area contributed by atoms with Crippen LogP contribution >= 0.6 is 0 Å². The molecule has 0 aliphatic rings. The zero-order chi connectivity index (χ0) is 16.3. The molecule has 0 spiro atoms. The highest BCUT2D eigenvalue weighted by Crippen LogP contribution is 2.40. The first-order valence-corrected chi connectivity index (χ1v) is 6.89. The van der Waals surface area contributed by atoms with Crippen molar-refractivity contribution >= 4 is 5.91 Å². The molecule has 2 aromatic rings. The van der Waals surface area contributed by atoms with Crippen LogP contribution in [0.3, 0.4) is 0 Å². The zero-order valence-corrected chi connectivity index (χ0v) is 13.5. The number of hydrogen-bond acceptors (Lipinski definition) is 4. The molecule has 0 aliphatic carbocycles. The molecule has 22 heavy (non-hydrogen) atoms. The van der Waals surface area contributed by atoms with Crippen LogP contribution in [-0.2, 0) is 0 Å². The van der Waals surface area contributed by atoms with Gasteiger partial charge in [-0.2, -0.15) is 0 Å². The highest BCUT2D eigenvalue weighted by Gasteiger charge is 2.22. The van der Waals surface area contributed by atoms with Crippen molar-refractivity contribution in [2.24, 2.45) is 0 Å². The molecule has 5 nitrogen and oxygen atoms in total. The quantitative estimate of drug-likeness (QED) is 0.871. The van der Waals surface area contributed by atoms with Crippen molar-refractivity contribution in [1.29, 1.82) is 0 Å². The lowest BCUT2D eigenvalue weighted by atomic mass is 10.0. The summed E-state index contributed by atoms with van der Waals surface area (Å²) in [4.78, 5) is 18.3. The van der Waals surface area contributed by atoms with Gasteiger partial charge in [-0.1, -0.05) is 0 Å². The van der Waals surface area contributed by atoms with E-state index in [0.717, 1.165) is 5.56 Å². The van der Waals surface area contributed by atoms with E-state index in [1.165, 1.54) is 4.90 Å². The van der Waals surface area contributed by atoms with Crippen LogP contribution < -0.4 is 9.47 Å². The summed E-state index contributed by atoms with van der Waals surface area (Å²) in [7, 11) is 6.60. The number of hydrogen-bond donors (Lipinski definition) is 0. The molecule has 5 heteroatoms. The number of carbonyl (C=O) groups excluding carboxylic acids is 1. The summed E-state index contributed by atoms with van der Waals surface area (Å²) in [6.45, 7) is 1.96. The van der Waals surface area contributed by atoms with Crippen molar-refractivity contribution in [2.75, 3.05) is 28.3 Å². The van der Waals surface area contributed by atoms with Gasteiger partial charge in [-0.25, -0.2) is 0 Å². The largest absolute Gasteiger partial charge is 0.496 e. The number of pyridine rings is 1. The molecule has 0 saturated heterocycles. The van der Waals surface area contributed by atoms with Gasteiger partial charge in [0.2, 0.25) is 0 Å². The number of aryl methyl sites for hydroxylation is 1. The average Bonchev–Trinajstić information content (AvgIpc) is 2.53. The number of aromatic nitrogens is 1. The van der Waals surface area contributed by atoms with Gasteiger partial charge in [0.25, 0.3) is 5.91 Å². The van der Waals surface area contributed by atoms with Gasteiger partial charge in [-0.05, 0) is 36.8 Å². The SMILES string of the molecule is COc1cc(C)cc(OC)c1-c1ncccc1C(=O)N(C)C. The van der Waals surface area contributed by atoms with Crippen molar-refractivity contribution < 1.29 is 14.3 Å². The third-order valence-electron chi connectivity index (χ3n) is 3.33. The smallest absolute Gasteiger partial charge is 0.255 e. The fourth-order valence-corrected chi connectivity index (χ4v) is 2.29. The molecule has 1 aromatic heterocycles. The van der Waals surface area contributed by atoms with Gasteiger partial charge < -0.3 is 14.4 Å². The highest BCUT2D eigenvalue weighted by molar-refractivity contribution is 6.01. The fraction of sp³-hybridized carbons (Fsp3) is 0.294. The summed E-state index contributed by atoms with van der Waals surface area (Å²) in [6, 6.07) is 7.30. The molecule has 0 saturated carbocycles. The molecule has 0 atom stereocenters. The molecule has 0 unspecified atom stereocenters. The first-order chi connectivity index (χ1) is 10.5. The summed E-state index contributed by atoms with van der Waals surface area (Å²) in [5.74, 6) is 1.14. The topological polar surface area (TPSA) is 51.7 Å². The van der Waals surface area contributed by atoms with Gasteiger partial charge in [0.1, 0.15) is 11.5 Å². The number of amides is 1. The number of methoxy groups -OCH3 is 2. The zero-order valence-electron chi connectivity index (χ0n) is 13.5. The standard InChI is InChI=1S/C17H20N2O3/c1-11-9-13(21-4)15(14(10-11)22-5)16-12(7-6-8-18-16)17(20)19(2)3/h6-10H,1-5H3. The number of ether oxygens (including phenoxy) is 2. The summed E-state index contributed by atoms with van der Waals surface area (Å²) >= 11 is 0. The van der Waals surface area contributed by atoms with E-state index in [9.17, 15) is 4.79 Å². The van der Waals surface area contributed by atoms with Gasteiger partial charge in [0, 0.05) is 20.3 Å². The Morgan fingerprint density at radius 3 is 2.23 bits per heavy atom. The number of carbonyl (C=O) groups is 1. The first-order valence-electron chi connectivity index (χ1n) is 6.89. The van der Waals surface area contributed by atoms with E-state index in [1.807, 2.05) is 19.1 Å². The molecule has 2 rings (SSSR count). The van der Waals surface area contributed by atoms with Gasteiger partial charge in [0.05, 0.1) is 31.0 Å². The Bertz CT molecular complexity index is 671. The monoisotopic (exact) mass is 300 g/mol. The Labute approximate surface area is 130 Å². The number of benzene rings is 1. The molecular weight excluding hydrogens is 280 g/mol. The van der Waals surface area contributed by atoms with Crippen molar-refractivity contribution in [1.82, 2.24) is 9.88 Å². The predicted octanol–water partition coefficient (Wildman–Crippen LogP) is 2.78. The van der Waals surface area contributed by atoms with E-state index in [1.54, 1.807) is 46.6 Å². The highest BCUT2D eigenvalue weighted by atomic mass is 16.5. The van der Waals surface area contributed by atoms with Gasteiger partial charge >= 0.3 is 0 Å². The fourth-order valence-electron chi connectivity index (χ4n) is 2.29. The maximum atomic E-state index is 12.4. The molecule has 0 radical (unpaired) electrons. The van der Waals surface area contributed by atoms with Crippen molar-refractivity contribution in [2.45, 2.75) is 6.92 Å². The third-order valence-corrected chi connectivity index (χ3v) is 3.33. The Balaban J connectivity index is 2.75. The number of rotatable bonds is 4. The molecular formula is C17H20N2O3. The van der Waals surface area contributed by atoms with Crippen LogP contribution in [0.25, 0.3) is 11.3 Å². The second-order valence-corrected chi connectivity index (χ2v) is 5.14. The van der Waals surface area contributed by atoms with Crippen molar-refractivity contribution in [3.05, 3.63) is 41.6 Å². The van der Waals surface area contributed by atoms with Crippen LogP contribution in [0.2, 0.25) is 0 Å². The van der Waals surface area contributed by atoms with E-state index >= 15 is 0 Å². The minimum absolute atomic E-state index is 0.118. The third kappa shape index (κ3) is 2.88. The van der Waals surface area contributed by atoms with Crippen molar-refractivity contribution in [3.8, 4) is 22.8 Å². The van der Waals surface area contributed by atoms with Crippen LogP contribution in [-0.4, -0.2) is 44.1 Å². The lowest BCUT2D eigenvalue weighted by Gasteiger charge is -2.17. The molecule has 1 heterocycles. The molecule has 1 aromatic carbocycles. The molecule has 0 fully saturated rings. The Morgan fingerprint density at radius 2 is 1.73 bits per heavy atom. The van der Waals surface area contributed by atoms with Crippen LogP contribution in [0, 0.1) is 6.92 Å². The van der Waals surface area contributed by atoms with E-state index < -0.39 is 0 Å². The summed E-state index contributed by atoms with van der Waals surface area (Å²) in [6.07, 6.45) is 1.65. The van der Waals surface area contributed by atoms with Crippen LogP contribution in [0.5, 0.6) is 11.5 Å². The normalized spacial score (nSPS) is 10.2. The van der Waals surface area contributed by atoms with Gasteiger partial charge in [-0.3, -0.25) is 9.78 Å². The van der Waals surface area contributed by atoms with E-state index in [-0.39, 0.29) is 5.91 Å². The molecule has 116 valence electrons. The van der Waals surface area contributed by atoms with Crippen LogP contribution in [0.1, 0.15) is 15.9 Å². The van der Waals surface area contributed by atoms with E-state index in [2.05, 4.69) is 4.98 Å². The Morgan fingerprint density at radius 1 is 1.14 bits per heavy atom. The van der Waals surface area contributed by atoms with Crippen LogP contribution in [0.4, 0.5) is 0 Å². The summed E-state index contributed by atoms with van der Waals surface area (Å²) < 4.78 is 10.9. The van der Waals surface area contributed by atoms with Crippen LogP contribution in [0.15, 0.2) is 30.5 Å². The lowest BCUT2D eigenvalue weighted by Crippen LogP contribution is -2.22. The molecule has 0 aliphatic heterocycles. The van der Waals surface area contributed by atoms with Gasteiger partial charge in [0.15, 0.2) is 0 Å². The Hall–Kier alpha value is -2.56. The maximum absolute atomic E-state index is 12.4. The number of nitrogens with zero attached hydrogens (tertiary/aromatic N) is 2. The minimum Gasteiger partial charge on any atom is -0.496 e. The average molecular weight is 300 g/mol. The van der Waals surface area contributed by atoms with Gasteiger partial charge in [-0.15, -0.1) is 0 Å². The lowest BCUT2D eigenvalue weighted by molar-refractivity contribution is 0.0828. The second-order valence-electron chi connectivity index (χ2n) is 5.14. The molecule has 1 amide bonds. The summed E-state index contributed by atoms with van der Waals surface area (Å²) in [5, 5.41) is 0. The molecule has 0 bridgehead atoms. The van der Waals surface area contributed by atoms with E-state index in [4.69, 9.17) is 9.47 Å². The second kappa shape index (κ2) is 6.47. The minimum atomic E-state index is -0.118.